The van der Waals surface area contributed by atoms with Gasteiger partial charge in [-0.05, 0) is 42.2 Å². The van der Waals surface area contributed by atoms with Gasteiger partial charge in [0.15, 0.2) is 9.84 Å². The summed E-state index contributed by atoms with van der Waals surface area (Å²) < 4.78 is 26.3. The molecule has 0 unspecified atom stereocenters. The highest BCUT2D eigenvalue weighted by atomic mass is 32.2. The van der Waals surface area contributed by atoms with Gasteiger partial charge in [0.05, 0.1) is 16.7 Å². The van der Waals surface area contributed by atoms with Crippen molar-refractivity contribution in [1.82, 2.24) is 10.3 Å². The maximum Gasteiger partial charge on any atom is 0.180 e. The monoisotopic (exact) mass is 358 g/mol. The zero-order chi connectivity index (χ0) is 17.9. The van der Waals surface area contributed by atoms with E-state index in [2.05, 4.69) is 24.1 Å². The molecule has 1 aliphatic rings. The minimum Gasteiger partial charge on any atom is -0.300 e. The second-order valence-corrected chi connectivity index (χ2v) is 8.85. The minimum atomic E-state index is -3.35. The smallest absolute Gasteiger partial charge is 0.180 e. The molecule has 0 fully saturated rings. The summed E-state index contributed by atoms with van der Waals surface area (Å²) in [5.74, 6) is 0.148. The Bertz CT molecular complexity index is 821. The van der Waals surface area contributed by atoms with Gasteiger partial charge in [-0.2, -0.15) is 0 Å². The number of benzene rings is 1. The molecule has 0 bridgehead atoms. The molecule has 0 radical (unpaired) electrons. The van der Waals surface area contributed by atoms with E-state index >= 15 is 0 Å². The third-order valence-electron chi connectivity index (χ3n) is 5.21. The molecule has 0 saturated heterocycles. The lowest BCUT2D eigenvalue weighted by Gasteiger charge is -2.35. The van der Waals surface area contributed by atoms with Crippen molar-refractivity contribution in [3.63, 3.8) is 0 Å². The first kappa shape index (κ1) is 18.1. The Hall–Kier alpha value is -1.72. The van der Waals surface area contributed by atoms with E-state index < -0.39 is 15.4 Å². The Kier molecular flexibility index (Phi) is 5.25. The van der Waals surface area contributed by atoms with E-state index in [0.29, 0.717) is 4.90 Å². The second kappa shape index (κ2) is 7.26. The Balaban J connectivity index is 2.17. The van der Waals surface area contributed by atoms with Gasteiger partial charge < -0.3 is 0 Å². The molecule has 0 amide bonds. The van der Waals surface area contributed by atoms with Gasteiger partial charge in [-0.25, -0.2) is 8.42 Å². The van der Waals surface area contributed by atoms with Crippen LogP contribution in [-0.2, 0) is 9.84 Å². The number of nitrogens with zero attached hydrogens (tertiary/aromatic N) is 1. The topological polar surface area (TPSA) is 59.1 Å². The number of hydrogen-bond donors (Lipinski definition) is 1. The summed E-state index contributed by atoms with van der Waals surface area (Å²) in [5, 5.41) is 3.74. The normalized spacial score (nSPS) is 25.1. The van der Waals surface area contributed by atoms with Crippen LogP contribution in [0.15, 0.2) is 53.7 Å². The Morgan fingerprint density at radius 2 is 1.88 bits per heavy atom. The van der Waals surface area contributed by atoms with E-state index in [1.807, 2.05) is 30.3 Å². The average molecular weight is 359 g/mol. The van der Waals surface area contributed by atoms with Gasteiger partial charge in [0.25, 0.3) is 0 Å². The van der Waals surface area contributed by atoms with Gasteiger partial charge >= 0.3 is 0 Å². The lowest BCUT2D eigenvalue weighted by Crippen LogP contribution is -2.50. The molecule has 5 heteroatoms. The van der Waals surface area contributed by atoms with Crippen LogP contribution in [0, 0.1) is 0 Å². The number of rotatable bonds is 5. The van der Waals surface area contributed by atoms with Crippen molar-refractivity contribution in [3.8, 4) is 0 Å². The molecule has 1 aliphatic heterocycles. The Labute approximate surface area is 150 Å². The molecule has 4 nitrogen and oxygen atoms in total. The Morgan fingerprint density at radius 3 is 2.56 bits per heavy atom. The third kappa shape index (κ3) is 3.62. The van der Waals surface area contributed by atoms with Gasteiger partial charge in [0.2, 0.25) is 0 Å². The van der Waals surface area contributed by atoms with Crippen molar-refractivity contribution in [2.24, 2.45) is 0 Å². The summed E-state index contributed by atoms with van der Waals surface area (Å²) in [6, 6.07) is 11.2. The van der Waals surface area contributed by atoms with E-state index in [1.165, 1.54) is 0 Å². The highest BCUT2D eigenvalue weighted by Gasteiger charge is 2.41. The quantitative estimate of drug-likeness (QED) is 0.881. The molecule has 3 rings (SSSR count). The zero-order valence-electron chi connectivity index (χ0n) is 14.9. The molecule has 1 N–H and O–H groups in total. The van der Waals surface area contributed by atoms with Crippen molar-refractivity contribution in [2.75, 3.05) is 5.75 Å². The molecular formula is C20H26N2O2S. The maximum atomic E-state index is 13.2. The predicted octanol–water partition coefficient (Wildman–Crippen LogP) is 3.89. The van der Waals surface area contributed by atoms with Crippen molar-refractivity contribution in [2.45, 2.75) is 56.0 Å². The van der Waals surface area contributed by atoms with E-state index in [0.717, 1.165) is 36.8 Å². The minimum absolute atomic E-state index is 0.145. The Morgan fingerprint density at radius 1 is 1.16 bits per heavy atom. The lowest BCUT2D eigenvalue weighted by molar-refractivity contribution is 0.295. The predicted molar refractivity (Wildman–Crippen MR) is 100 cm³/mol. The molecule has 2 heterocycles. The van der Waals surface area contributed by atoms with Crippen LogP contribution in [0.1, 0.15) is 56.7 Å². The molecule has 0 spiro atoms. The van der Waals surface area contributed by atoms with Gasteiger partial charge in [-0.15, -0.1) is 0 Å². The summed E-state index contributed by atoms with van der Waals surface area (Å²) in [5.41, 5.74) is 1.47. The van der Waals surface area contributed by atoms with Crippen molar-refractivity contribution in [1.29, 1.82) is 0 Å². The van der Waals surface area contributed by atoms with E-state index in [4.69, 9.17) is 0 Å². The van der Waals surface area contributed by atoms with Crippen LogP contribution in [0.2, 0.25) is 0 Å². The molecule has 134 valence electrons. The van der Waals surface area contributed by atoms with Crippen molar-refractivity contribution < 1.29 is 8.42 Å². The number of sulfone groups is 1. The van der Waals surface area contributed by atoms with Crippen molar-refractivity contribution >= 4 is 9.84 Å². The zero-order valence-corrected chi connectivity index (χ0v) is 15.7. The largest absolute Gasteiger partial charge is 0.300 e. The number of pyridine rings is 1. The number of unbranched alkanes of at least 4 members (excludes halogenated alkanes) is 1. The van der Waals surface area contributed by atoms with Gasteiger partial charge in [-0.3, -0.25) is 10.3 Å². The van der Waals surface area contributed by atoms with Gasteiger partial charge in [-0.1, -0.05) is 44.9 Å². The molecule has 2 aromatic rings. The van der Waals surface area contributed by atoms with Gasteiger partial charge in [0.1, 0.15) is 0 Å². The summed E-state index contributed by atoms with van der Waals surface area (Å²) in [4.78, 5) is 4.56. The third-order valence-corrected chi connectivity index (χ3v) is 7.18. The van der Waals surface area contributed by atoms with Crippen LogP contribution < -0.4 is 5.32 Å². The molecule has 1 aromatic heterocycles. The van der Waals surface area contributed by atoms with E-state index in [1.54, 1.807) is 18.5 Å². The molecule has 25 heavy (non-hydrogen) atoms. The number of fused-ring (bicyclic) bond motifs is 1. The molecular weight excluding hydrogens is 332 g/mol. The van der Waals surface area contributed by atoms with Crippen LogP contribution in [0.3, 0.4) is 0 Å². The van der Waals surface area contributed by atoms with E-state index in [-0.39, 0.29) is 11.8 Å². The highest BCUT2D eigenvalue weighted by molar-refractivity contribution is 7.91. The van der Waals surface area contributed by atoms with Crippen LogP contribution in [0.25, 0.3) is 0 Å². The number of hydrogen-bond acceptors (Lipinski definition) is 4. The summed E-state index contributed by atoms with van der Waals surface area (Å²) in [6.45, 7) is 4.22. The first-order valence-electron chi connectivity index (χ1n) is 9.00. The lowest BCUT2D eigenvalue weighted by atomic mass is 9.88. The highest BCUT2D eigenvalue weighted by Crippen LogP contribution is 2.37. The van der Waals surface area contributed by atoms with Crippen LogP contribution in [-0.4, -0.2) is 24.7 Å². The SMILES string of the molecule is CCCC[C@@]1(CC)CS(=O)(=O)c2ccccc2[C@@H](c2ccncc2)N1. The average Bonchev–Trinajstić information content (AvgIpc) is 2.74. The van der Waals surface area contributed by atoms with Crippen LogP contribution in [0.5, 0.6) is 0 Å². The fraction of sp³-hybridized carbons (Fsp3) is 0.450. The van der Waals surface area contributed by atoms with Crippen LogP contribution >= 0.6 is 0 Å². The fourth-order valence-corrected chi connectivity index (χ4v) is 5.87. The summed E-state index contributed by atoms with van der Waals surface area (Å²) >= 11 is 0. The first-order chi connectivity index (χ1) is 12.0. The van der Waals surface area contributed by atoms with Gasteiger partial charge in [0, 0.05) is 17.9 Å². The summed E-state index contributed by atoms with van der Waals surface area (Å²) in [6.07, 6.45) is 7.22. The van der Waals surface area contributed by atoms with Crippen LogP contribution in [0.4, 0.5) is 0 Å². The number of nitrogens with one attached hydrogen (secondary N) is 1. The second-order valence-electron chi connectivity index (χ2n) is 6.89. The summed E-state index contributed by atoms with van der Waals surface area (Å²) in [7, 11) is -3.35. The molecule has 2 atom stereocenters. The molecule has 0 aliphatic carbocycles. The first-order valence-corrected chi connectivity index (χ1v) is 10.7. The van der Waals surface area contributed by atoms with Crippen molar-refractivity contribution in [3.05, 3.63) is 59.9 Å². The maximum absolute atomic E-state index is 13.2. The number of aromatic nitrogens is 1. The molecule has 0 saturated carbocycles. The molecule has 1 aromatic carbocycles. The fourth-order valence-electron chi connectivity index (χ4n) is 3.73. The van der Waals surface area contributed by atoms with E-state index in [9.17, 15) is 8.42 Å². The standard InChI is InChI=1S/C20H26N2O2S/c1-3-5-12-20(4-2)15-25(23,24)18-9-7-6-8-17(18)19(22-20)16-10-13-21-14-11-16/h6-11,13-14,19,22H,3-5,12,15H2,1-2H3/t19-,20+/m1/s1.